The minimum atomic E-state index is -1.40. The Labute approximate surface area is 209 Å². The summed E-state index contributed by atoms with van der Waals surface area (Å²) in [6.07, 6.45) is -1.75. The first-order chi connectivity index (χ1) is 17.5. The number of allylic oxidation sites excluding steroid dienone is 2. The van der Waals surface area contributed by atoms with E-state index in [0.29, 0.717) is 5.56 Å². The Balaban J connectivity index is 1.40. The first-order valence-corrected chi connectivity index (χ1v) is 11.3. The van der Waals surface area contributed by atoms with Crippen molar-refractivity contribution >= 4 is 29.4 Å². The Kier molecular flexibility index (Phi) is 5.44. The van der Waals surface area contributed by atoms with Crippen LogP contribution in [0.1, 0.15) is 12.5 Å². The molecule has 2 saturated heterocycles. The molecule has 1 aromatic carbocycles. The Morgan fingerprint density at radius 2 is 1.86 bits per heavy atom. The monoisotopic (exact) mass is 513 g/mol. The number of nitro groups is 1. The van der Waals surface area contributed by atoms with Gasteiger partial charge in [-0.3, -0.25) is 24.6 Å². The van der Waals surface area contributed by atoms with Crippen molar-refractivity contribution in [1.82, 2.24) is 9.80 Å². The maximum Gasteiger partial charge on any atom is 0.410 e. The van der Waals surface area contributed by atoms with Gasteiger partial charge < -0.3 is 30.6 Å². The predicted octanol–water partition coefficient (Wildman–Crippen LogP) is 0.306. The van der Waals surface area contributed by atoms with Crippen LogP contribution in [-0.2, 0) is 30.4 Å². The van der Waals surface area contributed by atoms with Crippen molar-refractivity contribution < 1.29 is 38.3 Å². The molecule has 3 heterocycles. The fourth-order valence-electron chi connectivity index (χ4n) is 5.66. The number of rotatable bonds is 6. The minimum Gasteiger partial charge on any atom is -0.449 e. The number of non-ortho nitro benzene ring substituents is 1. The van der Waals surface area contributed by atoms with Gasteiger partial charge in [0.15, 0.2) is 5.72 Å². The normalized spacial score (nSPS) is 27.7. The van der Waals surface area contributed by atoms with Crippen LogP contribution in [0.25, 0.3) is 0 Å². The molecule has 0 aromatic heterocycles. The van der Waals surface area contributed by atoms with Gasteiger partial charge in [0.2, 0.25) is 11.6 Å². The molecule has 4 atom stereocenters. The third-order valence-electron chi connectivity index (χ3n) is 7.41. The van der Waals surface area contributed by atoms with E-state index < -0.39 is 52.4 Å². The lowest BCUT2D eigenvalue weighted by Gasteiger charge is -2.40. The molecular weight excluding hydrogens is 490 g/mol. The summed E-state index contributed by atoms with van der Waals surface area (Å²) in [5.41, 5.74) is 10.2. The smallest absolute Gasteiger partial charge is 0.410 e. The van der Waals surface area contributed by atoms with E-state index in [1.807, 2.05) is 0 Å². The first-order valence-electron chi connectivity index (χ1n) is 11.3. The van der Waals surface area contributed by atoms with Crippen LogP contribution < -0.4 is 11.5 Å². The van der Waals surface area contributed by atoms with Gasteiger partial charge in [-0.05, 0) is 24.6 Å². The number of methoxy groups -OCH3 is 1. The summed E-state index contributed by atoms with van der Waals surface area (Å²) in [4.78, 5) is 64.1. The van der Waals surface area contributed by atoms with Crippen molar-refractivity contribution in [3.63, 3.8) is 0 Å². The molecule has 14 nitrogen and oxygen atoms in total. The van der Waals surface area contributed by atoms with Crippen LogP contribution in [0.2, 0.25) is 0 Å². The fourth-order valence-corrected chi connectivity index (χ4v) is 5.66. The number of hydrogen-bond donors (Lipinski definition) is 2. The van der Waals surface area contributed by atoms with Gasteiger partial charge in [-0.2, -0.15) is 0 Å². The number of carbonyl (C=O) groups excluding carboxylic acids is 4. The van der Waals surface area contributed by atoms with Gasteiger partial charge in [0.25, 0.3) is 5.69 Å². The maximum absolute atomic E-state index is 13.2. The molecule has 2 fully saturated rings. The number of carbonyl (C=O) groups is 4. The van der Waals surface area contributed by atoms with Crippen LogP contribution >= 0.6 is 0 Å². The molecule has 0 radical (unpaired) electrons. The zero-order valence-corrected chi connectivity index (χ0v) is 19.8. The molecule has 4 unspecified atom stereocenters. The number of nitrogens with zero attached hydrogens (tertiary/aromatic N) is 3. The summed E-state index contributed by atoms with van der Waals surface area (Å²) >= 11 is 0. The molecule has 4 N–H and O–H groups in total. The quantitative estimate of drug-likeness (QED) is 0.230. The number of primary amides is 1. The second kappa shape index (κ2) is 8.30. The van der Waals surface area contributed by atoms with Crippen molar-refractivity contribution in [3.05, 3.63) is 62.5 Å². The summed E-state index contributed by atoms with van der Waals surface area (Å²) < 4.78 is 16.4. The average molecular weight is 513 g/mol. The second-order valence-corrected chi connectivity index (χ2v) is 9.11. The average Bonchev–Trinajstić information content (AvgIpc) is 3.38. The number of nitrogens with two attached hydrogens (primary N) is 2. The van der Waals surface area contributed by atoms with Gasteiger partial charge in [-0.25, -0.2) is 9.59 Å². The molecule has 37 heavy (non-hydrogen) atoms. The Morgan fingerprint density at radius 1 is 1.19 bits per heavy atom. The van der Waals surface area contributed by atoms with E-state index in [9.17, 15) is 29.3 Å². The molecule has 14 heteroatoms. The van der Waals surface area contributed by atoms with Crippen molar-refractivity contribution in [2.75, 3.05) is 20.3 Å². The van der Waals surface area contributed by atoms with Gasteiger partial charge >= 0.3 is 12.2 Å². The van der Waals surface area contributed by atoms with Crippen LogP contribution in [0.3, 0.4) is 0 Å². The molecule has 2 amide bonds. The van der Waals surface area contributed by atoms with Crippen molar-refractivity contribution in [2.24, 2.45) is 17.4 Å². The molecule has 0 spiro atoms. The zero-order valence-electron chi connectivity index (χ0n) is 19.8. The highest BCUT2D eigenvalue weighted by Crippen LogP contribution is 2.59. The Morgan fingerprint density at radius 3 is 2.46 bits per heavy atom. The third kappa shape index (κ3) is 3.36. The molecule has 194 valence electrons. The van der Waals surface area contributed by atoms with Gasteiger partial charge in [-0.1, -0.05) is 0 Å². The highest BCUT2D eigenvalue weighted by molar-refractivity contribution is 6.25. The van der Waals surface area contributed by atoms with Crippen molar-refractivity contribution in [2.45, 2.75) is 31.3 Å². The molecule has 4 aliphatic rings. The number of hydrogen-bond acceptors (Lipinski definition) is 11. The lowest BCUT2D eigenvalue weighted by Crippen LogP contribution is -2.56. The zero-order chi connectivity index (χ0) is 26.8. The second-order valence-electron chi connectivity index (χ2n) is 9.11. The van der Waals surface area contributed by atoms with Crippen LogP contribution in [0.15, 0.2) is 46.8 Å². The molecule has 5 rings (SSSR count). The summed E-state index contributed by atoms with van der Waals surface area (Å²) in [5.74, 6) is -1.96. The molecule has 3 aliphatic heterocycles. The molecule has 0 bridgehead atoms. The Bertz CT molecular complexity index is 1320. The molecule has 1 aromatic rings. The van der Waals surface area contributed by atoms with E-state index in [1.165, 1.54) is 43.2 Å². The molecular formula is C23H23N5O9. The molecule has 1 aliphatic carbocycles. The Hall–Kier alpha value is -4.46. The summed E-state index contributed by atoms with van der Waals surface area (Å²) in [5, 5.41) is 10.8. The molecule has 0 saturated carbocycles. The minimum absolute atomic E-state index is 0.0562. The number of benzene rings is 1. The lowest BCUT2D eigenvalue weighted by molar-refractivity contribution is -0.384. The maximum atomic E-state index is 13.2. The standard InChI is InChI=1S/C23H23N5O9/c1-10-16(24)19(30)15-13(9-36-21(25)31)23(35-2)20-14(7-26(23)17(15)18(10)29)27(20)22(32)37-8-11-3-5-12(6-4-11)28(33)34/h3-6,13-14,20H,7-9,24H2,1-2H3,(H2,25,31). The van der Waals surface area contributed by atoms with Gasteiger partial charge in [0.05, 0.1) is 28.3 Å². The van der Waals surface area contributed by atoms with Crippen molar-refractivity contribution in [3.8, 4) is 0 Å². The highest BCUT2D eigenvalue weighted by Gasteiger charge is 2.78. The largest absolute Gasteiger partial charge is 0.449 e. The van der Waals surface area contributed by atoms with E-state index in [4.69, 9.17) is 25.7 Å². The van der Waals surface area contributed by atoms with E-state index >= 15 is 0 Å². The SMILES string of the molecule is COC12C(COC(N)=O)C3=C(C(=O)C(C)=C(N)C3=O)N1CC1C2N1C(=O)OCc1ccc([N+](=O)[O-])cc1. The number of ether oxygens (including phenoxy) is 3. The van der Waals surface area contributed by atoms with Gasteiger partial charge in [0, 0.05) is 36.9 Å². The lowest BCUT2D eigenvalue weighted by atomic mass is 9.82. The fraction of sp³-hybridized carbons (Fsp3) is 0.391. The summed E-state index contributed by atoms with van der Waals surface area (Å²) in [6, 6.07) is 4.55. The number of piperazine rings is 1. The van der Waals surface area contributed by atoms with Gasteiger partial charge in [-0.15, -0.1) is 0 Å². The number of ketones is 2. The van der Waals surface area contributed by atoms with Crippen LogP contribution in [0.5, 0.6) is 0 Å². The summed E-state index contributed by atoms with van der Waals surface area (Å²) in [6.45, 7) is 1.12. The predicted molar refractivity (Wildman–Crippen MR) is 122 cm³/mol. The topological polar surface area (TPSA) is 197 Å². The number of Topliss-reactive ketones (excluding diaryl/α,β-unsaturated/α-hetero) is 2. The van der Waals surface area contributed by atoms with Crippen molar-refractivity contribution in [1.29, 1.82) is 0 Å². The van der Waals surface area contributed by atoms with E-state index in [0.717, 1.165) is 0 Å². The number of amides is 2. The van der Waals surface area contributed by atoms with E-state index in [-0.39, 0.29) is 48.0 Å². The van der Waals surface area contributed by atoms with E-state index in [1.54, 1.807) is 4.90 Å². The summed E-state index contributed by atoms with van der Waals surface area (Å²) in [7, 11) is 1.38. The van der Waals surface area contributed by atoms with Crippen LogP contribution in [0, 0.1) is 16.0 Å². The van der Waals surface area contributed by atoms with E-state index in [2.05, 4.69) is 0 Å². The first kappa shape index (κ1) is 24.2. The van der Waals surface area contributed by atoms with Crippen LogP contribution in [-0.4, -0.2) is 76.5 Å². The third-order valence-corrected chi connectivity index (χ3v) is 7.41. The van der Waals surface area contributed by atoms with Gasteiger partial charge in [0.1, 0.15) is 19.3 Å². The van der Waals surface area contributed by atoms with Crippen LogP contribution in [0.4, 0.5) is 15.3 Å². The highest BCUT2D eigenvalue weighted by atomic mass is 16.6. The number of fused-ring (bicyclic) bond motifs is 4. The number of nitro benzene ring substituents is 1.